The summed E-state index contributed by atoms with van der Waals surface area (Å²) in [6.07, 6.45) is 0. The molecule has 0 aliphatic rings. The minimum Gasteiger partial charge on any atom is -0.319 e. The maximum Gasteiger partial charge on any atom is 0.151 e. The van der Waals surface area contributed by atoms with Crippen LogP contribution in [0, 0.1) is 12.7 Å². The van der Waals surface area contributed by atoms with E-state index in [9.17, 15) is 4.39 Å². The van der Waals surface area contributed by atoms with Crippen LogP contribution in [0.15, 0.2) is 30.3 Å². The Balaban J connectivity index is 2.21. The van der Waals surface area contributed by atoms with Gasteiger partial charge in [-0.05, 0) is 38.1 Å². The van der Waals surface area contributed by atoms with E-state index < -0.39 is 0 Å². The predicted octanol–water partition coefficient (Wildman–Crippen LogP) is 4.89. The van der Waals surface area contributed by atoms with Gasteiger partial charge in [0, 0.05) is 9.75 Å². The first-order valence-electron chi connectivity index (χ1n) is 6.39. The summed E-state index contributed by atoms with van der Waals surface area (Å²) in [5.74, 6) is 0.663. The van der Waals surface area contributed by atoms with Crippen molar-refractivity contribution in [2.75, 3.05) is 0 Å². The summed E-state index contributed by atoms with van der Waals surface area (Å²) in [6, 6.07) is 9.31. The third kappa shape index (κ3) is 2.13. The van der Waals surface area contributed by atoms with Crippen molar-refractivity contribution in [1.82, 2.24) is 9.55 Å². The largest absolute Gasteiger partial charge is 0.319 e. The molecule has 0 aliphatic heterocycles. The van der Waals surface area contributed by atoms with Crippen LogP contribution in [-0.4, -0.2) is 9.55 Å². The molecule has 5 heteroatoms. The number of nitrogens with zero attached hydrogens (tertiary/aromatic N) is 2. The van der Waals surface area contributed by atoms with Crippen molar-refractivity contribution in [1.29, 1.82) is 0 Å². The van der Waals surface area contributed by atoms with Crippen molar-refractivity contribution < 1.29 is 4.39 Å². The highest BCUT2D eigenvalue weighted by atomic mass is 35.5. The molecule has 1 unspecified atom stereocenters. The topological polar surface area (TPSA) is 17.8 Å². The highest BCUT2D eigenvalue weighted by Crippen LogP contribution is 2.31. The van der Waals surface area contributed by atoms with E-state index in [4.69, 9.17) is 11.6 Å². The van der Waals surface area contributed by atoms with Gasteiger partial charge in [0.1, 0.15) is 11.3 Å². The van der Waals surface area contributed by atoms with Crippen molar-refractivity contribution in [3.63, 3.8) is 0 Å². The van der Waals surface area contributed by atoms with Crippen LogP contribution in [0.25, 0.3) is 11.0 Å². The maximum atomic E-state index is 13.9. The highest BCUT2D eigenvalue weighted by Gasteiger charge is 2.19. The Hall–Kier alpha value is -1.39. The van der Waals surface area contributed by atoms with Crippen LogP contribution in [-0.2, 0) is 5.88 Å². The van der Waals surface area contributed by atoms with Crippen molar-refractivity contribution in [3.05, 3.63) is 51.7 Å². The first-order chi connectivity index (χ1) is 9.61. The van der Waals surface area contributed by atoms with Gasteiger partial charge in [-0.3, -0.25) is 0 Å². The Bertz CT molecular complexity index is 762. The van der Waals surface area contributed by atoms with Gasteiger partial charge in [-0.15, -0.1) is 22.9 Å². The number of benzene rings is 1. The fraction of sp³-hybridized carbons (Fsp3) is 0.267. The number of aryl methyl sites for hydroxylation is 1. The molecule has 3 aromatic rings. The van der Waals surface area contributed by atoms with Crippen molar-refractivity contribution in [2.45, 2.75) is 25.8 Å². The quantitative estimate of drug-likeness (QED) is 0.630. The molecule has 3 rings (SSSR count). The van der Waals surface area contributed by atoms with Crippen molar-refractivity contribution in [3.8, 4) is 0 Å². The molecule has 2 heterocycles. The van der Waals surface area contributed by atoms with Gasteiger partial charge in [-0.25, -0.2) is 9.37 Å². The summed E-state index contributed by atoms with van der Waals surface area (Å²) in [5.41, 5.74) is 1.18. The van der Waals surface area contributed by atoms with Gasteiger partial charge in [-0.2, -0.15) is 0 Å². The van der Waals surface area contributed by atoms with E-state index in [0.717, 1.165) is 5.52 Å². The number of alkyl halides is 1. The number of hydrogen-bond donors (Lipinski definition) is 0. The second kappa shape index (κ2) is 5.19. The Morgan fingerprint density at radius 3 is 2.80 bits per heavy atom. The smallest absolute Gasteiger partial charge is 0.151 e. The zero-order chi connectivity index (χ0) is 14.3. The normalized spacial score (nSPS) is 13.0. The molecule has 20 heavy (non-hydrogen) atoms. The first-order valence-corrected chi connectivity index (χ1v) is 7.74. The van der Waals surface area contributed by atoms with Crippen LogP contribution in [0.2, 0.25) is 0 Å². The van der Waals surface area contributed by atoms with Gasteiger partial charge < -0.3 is 4.57 Å². The molecule has 0 spiro atoms. The van der Waals surface area contributed by atoms with Crippen molar-refractivity contribution >= 4 is 34.0 Å². The van der Waals surface area contributed by atoms with Gasteiger partial charge in [-0.1, -0.05) is 6.07 Å². The van der Waals surface area contributed by atoms with Gasteiger partial charge in [0.2, 0.25) is 0 Å². The lowest BCUT2D eigenvalue weighted by molar-refractivity contribution is 0.636. The molecule has 0 bridgehead atoms. The van der Waals surface area contributed by atoms with Gasteiger partial charge in [0.05, 0.1) is 17.4 Å². The van der Waals surface area contributed by atoms with Gasteiger partial charge in [0.15, 0.2) is 5.82 Å². The maximum absolute atomic E-state index is 13.9. The minimum absolute atomic E-state index is 0.0919. The molecule has 0 fully saturated rings. The van der Waals surface area contributed by atoms with E-state index in [1.807, 2.05) is 10.6 Å². The van der Waals surface area contributed by atoms with E-state index in [1.165, 1.54) is 15.8 Å². The molecule has 1 atom stereocenters. The van der Waals surface area contributed by atoms with Crippen LogP contribution in [0.3, 0.4) is 0 Å². The average molecular weight is 309 g/mol. The standard InChI is InChI=1S/C15H14ClFN2S/c1-9-6-7-13(20-9)10(2)19-12-5-3-4-11(17)15(12)18-14(19)8-16/h3-7,10H,8H2,1-2H3. The summed E-state index contributed by atoms with van der Waals surface area (Å²) < 4.78 is 15.9. The zero-order valence-electron chi connectivity index (χ0n) is 11.2. The van der Waals surface area contributed by atoms with Gasteiger partial charge >= 0.3 is 0 Å². The minimum atomic E-state index is -0.304. The lowest BCUT2D eigenvalue weighted by Crippen LogP contribution is -2.08. The SMILES string of the molecule is Cc1ccc(C(C)n2c(CCl)nc3c(F)cccc32)s1. The molecule has 2 aromatic heterocycles. The fourth-order valence-corrected chi connectivity index (χ4v) is 3.57. The third-order valence-electron chi connectivity index (χ3n) is 3.42. The number of halogens is 2. The Kier molecular flexibility index (Phi) is 3.52. The highest BCUT2D eigenvalue weighted by molar-refractivity contribution is 7.12. The number of thiophene rings is 1. The predicted molar refractivity (Wildman–Crippen MR) is 82.1 cm³/mol. The Morgan fingerprint density at radius 1 is 1.35 bits per heavy atom. The molecule has 0 amide bonds. The zero-order valence-corrected chi connectivity index (χ0v) is 12.8. The van der Waals surface area contributed by atoms with E-state index in [0.29, 0.717) is 11.3 Å². The summed E-state index contributed by atoms with van der Waals surface area (Å²) in [5, 5.41) is 0. The molecule has 0 saturated carbocycles. The molecule has 0 saturated heterocycles. The second-order valence-corrected chi connectivity index (χ2v) is 6.35. The lowest BCUT2D eigenvalue weighted by Gasteiger charge is -2.15. The van der Waals surface area contributed by atoms with E-state index in [2.05, 4.69) is 31.0 Å². The van der Waals surface area contributed by atoms with Crippen LogP contribution < -0.4 is 0 Å². The molecule has 1 aromatic carbocycles. The summed E-state index contributed by atoms with van der Waals surface area (Å²) in [6.45, 7) is 4.17. The monoisotopic (exact) mass is 308 g/mol. The van der Waals surface area contributed by atoms with E-state index >= 15 is 0 Å². The number of aromatic nitrogens is 2. The first kappa shape index (κ1) is 13.6. The van der Waals surface area contributed by atoms with Gasteiger partial charge in [0.25, 0.3) is 0 Å². The number of imidazole rings is 1. The van der Waals surface area contributed by atoms with Crippen LogP contribution in [0.5, 0.6) is 0 Å². The second-order valence-electron chi connectivity index (χ2n) is 4.76. The number of rotatable bonds is 3. The number of hydrogen-bond acceptors (Lipinski definition) is 2. The molecule has 0 N–H and O–H groups in total. The molecule has 2 nitrogen and oxygen atoms in total. The molecule has 104 valence electrons. The summed E-state index contributed by atoms with van der Waals surface area (Å²) in [4.78, 5) is 6.82. The summed E-state index contributed by atoms with van der Waals surface area (Å²) >= 11 is 7.73. The Labute approximate surface area is 125 Å². The molecule has 0 aliphatic carbocycles. The average Bonchev–Trinajstić information content (AvgIpc) is 3.02. The summed E-state index contributed by atoms with van der Waals surface area (Å²) in [7, 11) is 0. The van der Waals surface area contributed by atoms with Crippen LogP contribution >= 0.6 is 22.9 Å². The van der Waals surface area contributed by atoms with Crippen LogP contribution in [0.1, 0.15) is 28.5 Å². The van der Waals surface area contributed by atoms with Crippen LogP contribution in [0.4, 0.5) is 4.39 Å². The number of fused-ring (bicyclic) bond motifs is 1. The third-order valence-corrected chi connectivity index (χ3v) is 4.83. The Morgan fingerprint density at radius 2 is 2.15 bits per heavy atom. The molecule has 0 radical (unpaired) electrons. The number of para-hydroxylation sites is 1. The molecular formula is C15H14ClFN2S. The lowest BCUT2D eigenvalue weighted by atomic mass is 10.2. The fourth-order valence-electron chi connectivity index (χ4n) is 2.46. The van der Waals surface area contributed by atoms with E-state index in [1.54, 1.807) is 17.4 Å². The van der Waals surface area contributed by atoms with Crippen molar-refractivity contribution in [2.24, 2.45) is 0 Å². The van der Waals surface area contributed by atoms with E-state index in [-0.39, 0.29) is 17.7 Å². The molecular weight excluding hydrogens is 295 g/mol.